The lowest BCUT2D eigenvalue weighted by molar-refractivity contribution is -0.136. The summed E-state index contributed by atoms with van der Waals surface area (Å²) in [5.74, 6) is -0.994. The van der Waals surface area contributed by atoms with Gasteiger partial charge in [0.15, 0.2) is 0 Å². The minimum absolute atomic E-state index is 0.0697. The fraction of sp³-hybridized carbons (Fsp3) is 0.409. The van der Waals surface area contributed by atoms with E-state index in [0.717, 1.165) is 11.3 Å². The van der Waals surface area contributed by atoms with Gasteiger partial charge in [0.1, 0.15) is 0 Å². The number of sulfonamides is 1. The van der Waals surface area contributed by atoms with Crippen LogP contribution in [0.25, 0.3) is 0 Å². The molecule has 0 amide bonds. The molecule has 0 radical (unpaired) electrons. The zero-order valence-corrected chi connectivity index (χ0v) is 20.4. The van der Waals surface area contributed by atoms with E-state index in [-0.39, 0.29) is 17.4 Å². The number of piperazine rings is 1. The molecule has 1 atom stereocenters. The van der Waals surface area contributed by atoms with Crippen molar-refractivity contribution in [3.05, 3.63) is 57.6 Å². The zero-order valence-electron chi connectivity index (χ0n) is 18.1. The number of benzene rings is 2. The molecule has 1 fully saturated rings. The molecule has 9 heteroatoms. The van der Waals surface area contributed by atoms with Crippen LogP contribution in [-0.2, 0) is 21.2 Å². The second-order valence-corrected chi connectivity index (χ2v) is 9.92. The molecule has 1 aliphatic rings. The van der Waals surface area contributed by atoms with Crippen molar-refractivity contribution >= 4 is 44.9 Å². The van der Waals surface area contributed by atoms with E-state index in [1.165, 1.54) is 16.4 Å². The number of hydrogen-bond acceptors (Lipinski definition) is 4. The van der Waals surface area contributed by atoms with E-state index in [2.05, 4.69) is 4.90 Å². The normalized spacial score (nSPS) is 17.1. The van der Waals surface area contributed by atoms with Gasteiger partial charge in [-0.2, -0.15) is 4.31 Å². The third-order valence-corrected chi connectivity index (χ3v) is 7.73. The molecule has 0 aromatic heterocycles. The molecule has 2 aromatic carbocycles. The van der Waals surface area contributed by atoms with Crippen molar-refractivity contribution in [2.45, 2.75) is 45.1 Å². The van der Waals surface area contributed by atoms with E-state index < -0.39 is 16.0 Å². The molecule has 1 heterocycles. The topological polar surface area (TPSA) is 77.9 Å². The fourth-order valence-corrected chi connectivity index (χ4v) is 5.36. The number of aliphatic carboxylic acids is 1. The van der Waals surface area contributed by atoms with Crippen LogP contribution in [0.3, 0.4) is 0 Å². The van der Waals surface area contributed by atoms with Crippen LogP contribution in [0, 0.1) is 6.92 Å². The Morgan fingerprint density at radius 2 is 1.77 bits per heavy atom. The number of hydrogen-bond donors (Lipinski definition) is 1. The summed E-state index contributed by atoms with van der Waals surface area (Å²) in [6.07, 6.45) is -0.212. The number of carbonyl (C=O) groups is 1. The molecule has 0 saturated carbocycles. The first-order chi connectivity index (χ1) is 14.6. The summed E-state index contributed by atoms with van der Waals surface area (Å²) >= 11 is 12.1. The maximum absolute atomic E-state index is 13.1. The second kappa shape index (κ2) is 10.7. The third-order valence-electron chi connectivity index (χ3n) is 5.13. The highest BCUT2D eigenvalue weighted by molar-refractivity contribution is 7.89. The molecule has 3 rings (SSSR count). The van der Waals surface area contributed by atoms with Crippen LogP contribution in [0.15, 0.2) is 41.3 Å². The Morgan fingerprint density at radius 1 is 1.10 bits per heavy atom. The Morgan fingerprint density at radius 3 is 2.35 bits per heavy atom. The zero-order chi connectivity index (χ0) is 23.3. The number of aryl methyl sites for hydroxylation is 1. The number of halogens is 2. The summed E-state index contributed by atoms with van der Waals surface area (Å²) in [7, 11) is -3.72. The maximum atomic E-state index is 13.1. The predicted octanol–water partition coefficient (Wildman–Crippen LogP) is 4.85. The molecule has 1 unspecified atom stereocenters. The SMILES string of the molecule is CC.Cc1ccc(S(=O)(=O)N2CCN(c3ccc(Cl)c(Cl)c3)C(C)C2)cc1CC(=O)O. The first-order valence-corrected chi connectivity index (χ1v) is 12.3. The highest BCUT2D eigenvalue weighted by Crippen LogP contribution is 2.30. The lowest BCUT2D eigenvalue weighted by Crippen LogP contribution is -2.53. The van der Waals surface area contributed by atoms with Crippen molar-refractivity contribution in [3.63, 3.8) is 0 Å². The van der Waals surface area contributed by atoms with Crippen molar-refractivity contribution in [2.24, 2.45) is 0 Å². The molecule has 0 aliphatic carbocycles. The van der Waals surface area contributed by atoms with Crippen LogP contribution >= 0.6 is 23.2 Å². The third kappa shape index (κ3) is 5.92. The van der Waals surface area contributed by atoms with Crippen LogP contribution in [0.1, 0.15) is 31.9 Å². The number of carboxylic acids is 1. The van der Waals surface area contributed by atoms with E-state index in [0.29, 0.717) is 35.2 Å². The van der Waals surface area contributed by atoms with E-state index >= 15 is 0 Å². The monoisotopic (exact) mass is 486 g/mol. The molecular formula is C22H28Cl2N2O4S. The van der Waals surface area contributed by atoms with Crippen LogP contribution < -0.4 is 4.90 Å². The number of rotatable bonds is 5. The molecule has 1 saturated heterocycles. The smallest absolute Gasteiger partial charge is 0.307 e. The lowest BCUT2D eigenvalue weighted by atomic mass is 10.1. The summed E-state index contributed by atoms with van der Waals surface area (Å²) in [5.41, 5.74) is 2.15. The van der Waals surface area contributed by atoms with Gasteiger partial charge in [-0.3, -0.25) is 4.79 Å². The largest absolute Gasteiger partial charge is 0.481 e. The van der Waals surface area contributed by atoms with Crippen LogP contribution in [0.4, 0.5) is 5.69 Å². The van der Waals surface area contributed by atoms with Gasteiger partial charge >= 0.3 is 5.97 Å². The summed E-state index contributed by atoms with van der Waals surface area (Å²) in [5, 5.41) is 9.99. The quantitative estimate of drug-likeness (QED) is 0.652. The van der Waals surface area contributed by atoms with Gasteiger partial charge in [0, 0.05) is 31.4 Å². The molecule has 6 nitrogen and oxygen atoms in total. The van der Waals surface area contributed by atoms with Gasteiger partial charge in [-0.15, -0.1) is 0 Å². The molecule has 170 valence electrons. The molecule has 2 aromatic rings. The van der Waals surface area contributed by atoms with Crippen LogP contribution in [0.5, 0.6) is 0 Å². The van der Waals surface area contributed by atoms with Gasteiger partial charge in [-0.1, -0.05) is 43.1 Å². The fourth-order valence-electron chi connectivity index (χ4n) is 3.50. The number of carboxylic acid groups (broad SMARTS) is 1. The maximum Gasteiger partial charge on any atom is 0.307 e. The molecule has 0 bridgehead atoms. The predicted molar refractivity (Wildman–Crippen MR) is 126 cm³/mol. The van der Waals surface area contributed by atoms with E-state index in [4.69, 9.17) is 28.3 Å². The van der Waals surface area contributed by atoms with Crippen molar-refractivity contribution in [1.82, 2.24) is 4.31 Å². The average Bonchev–Trinajstić information content (AvgIpc) is 2.72. The van der Waals surface area contributed by atoms with E-state index in [1.54, 1.807) is 25.1 Å². The summed E-state index contributed by atoms with van der Waals surface area (Å²) in [6, 6.07) is 9.96. The summed E-state index contributed by atoms with van der Waals surface area (Å²) < 4.78 is 27.7. The highest BCUT2D eigenvalue weighted by atomic mass is 35.5. The van der Waals surface area contributed by atoms with Crippen molar-refractivity contribution in [2.75, 3.05) is 24.5 Å². The Bertz CT molecular complexity index is 1040. The van der Waals surface area contributed by atoms with Crippen LogP contribution in [0.2, 0.25) is 10.0 Å². The molecule has 1 aliphatic heterocycles. The minimum atomic E-state index is -3.72. The Labute approximate surface area is 194 Å². The van der Waals surface area contributed by atoms with Gasteiger partial charge in [0.2, 0.25) is 10.0 Å². The van der Waals surface area contributed by atoms with Gasteiger partial charge < -0.3 is 10.0 Å². The lowest BCUT2D eigenvalue weighted by Gasteiger charge is -2.40. The summed E-state index contributed by atoms with van der Waals surface area (Å²) in [6.45, 7) is 8.86. The molecule has 1 N–H and O–H groups in total. The highest BCUT2D eigenvalue weighted by Gasteiger charge is 2.32. The van der Waals surface area contributed by atoms with Crippen molar-refractivity contribution in [1.29, 1.82) is 0 Å². The van der Waals surface area contributed by atoms with E-state index in [9.17, 15) is 13.2 Å². The minimum Gasteiger partial charge on any atom is -0.481 e. The first-order valence-electron chi connectivity index (χ1n) is 10.1. The van der Waals surface area contributed by atoms with Crippen molar-refractivity contribution in [3.8, 4) is 0 Å². The Kier molecular flexibility index (Phi) is 8.77. The van der Waals surface area contributed by atoms with Gasteiger partial charge in [0.25, 0.3) is 0 Å². The molecular weight excluding hydrogens is 459 g/mol. The average molecular weight is 487 g/mol. The number of anilines is 1. The second-order valence-electron chi connectivity index (χ2n) is 7.16. The van der Waals surface area contributed by atoms with Gasteiger partial charge in [-0.25, -0.2) is 8.42 Å². The standard InChI is InChI=1S/C20H22Cl2N2O4S.C2H6/c1-13-3-5-17(9-15(13)10-20(25)26)29(27,28)23-7-8-24(14(2)12-23)16-4-6-18(21)19(22)11-16;1-2/h3-6,9,11,14H,7-8,10,12H2,1-2H3,(H,25,26);1-2H3. The Balaban J connectivity index is 0.00000166. The molecule has 0 spiro atoms. The van der Waals surface area contributed by atoms with Crippen LogP contribution in [-0.4, -0.2) is 49.5 Å². The summed E-state index contributed by atoms with van der Waals surface area (Å²) in [4.78, 5) is 13.3. The first kappa shape index (κ1) is 25.5. The number of nitrogens with zero attached hydrogens (tertiary/aromatic N) is 2. The van der Waals surface area contributed by atoms with Gasteiger partial charge in [0.05, 0.1) is 21.4 Å². The molecule has 31 heavy (non-hydrogen) atoms. The van der Waals surface area contributed by atoms with Crippen molar-refractivity contribution < 1.29 is 18.3 Å². The van der Waals surface area contributed by atoms with E-state index in [1.807, 2.05) is 26.8 Å². The Hall–Kier alpha value is -1.80. The van der Waals surface area contributed by atoms with Gasteiger partial charge in [-0.05, 0) is 55.3 Å².